The normalized spacial score (nSPS) is 16.8. The zero-order valence-electron chi connectivity index (χ0n) is 15.1. The molecule has 1 aliphatic rings. The molecule has 1 heterocycles. The molecule has 0 spiro atoms. The largest absolute Gasteiger partial charge is 0.383 e. The third-order valence-electron chi connectivity index (χ3n) is 4.34. The highest BCUT2D eigenvalue weighted by molar-refractivity contribution is 5.85. The van der Waals surface area contributed by atoms with Crippen LogP contribution in [-0.4, -0.2) is 69.2 Å². The molecule has 0 aromatic heterocycles. The Kier molecular flexibility index (Phi) is 12.9. The van der Waals surface area contributed by atoms with E-state index in [-0.39, 0.29) is 30.7 Å². The van der Waals surface area contributed by atoms with Gasteiger partial charge in [-0.05, 0) is 24.4 Å². The monoisotopic (exact) mass is 391 g/mol. The Morgan fingerprint density at radius 1 is 1.32 bits per heavy atom. The van der Waals surface area contributed by atoms with Gasteiger partial charge in [0.15, 0.2) is 0 Å². The van der Waals surface area contributed by atoms with E-state index in [0.29, 0.717) is 25.6 Å². The summed E-state index contributed by atoms with van der Waals surface area (Å²) in [5.74, 6) is 0.731. The minimum absolute atomic E-state index is 0. The van der Waals surface area contributed by atoms with E-state index in [1.807, 2.05) is 11.9 Å². The lowest BCUT2D eigenvalue weighted by Crippen LogP contribution is -2.39. The minimum atomic E-state index is 0. The number of nitrogens with zero attached hydrogens (tertiary/aromatic N) is 2. The number of likely N-dealkylation sites (tertiary alicyclic amines) is 1. The molecular weight excluding hydrogens is 361 g/mol. The van der Waals surface area contributed by atoms with Crippen LogP contribution in [0.4, 0.5) is 0 Å². The Balaban J connectivity index is 0.00000288. The molecule has 1 amide bonds. The van der Waals surface area contributed by atoms with Gasteiger partial charge in [0.05, 0.1) is 13.2 Å². The van der Waals surface area contributed by atoms with E-state index in [1.54, 1.807) is 7.11 Å². The van der Waals surface area contributed by atoms with E-state index in [2.05, 4.69) is 40.5 Å². The highest BCUT2D eigenvalue weighted by Gasteiger charge is 2.24. The first-order valence-electron chi connectivity index (χ1n) is 8.39. The number of methoxy groups -OCH3 is 1. The molecule has 0 bridgehead atoms. The molecule has 1 fully saturated rings. The van der Waals surface area contributed by atoms with Gasteiger partial charge < -0.3 is 15.0 Å². The number of hydrogen-bond donors (Lipinski definition) is 1. The lowest BCUT2D eigenvalue weighted by atomic mass is 10.1. The van der Waals surface area contributed by atoms with Gasteiger partial charge in [-0.2, -0.15) is 0 Å². The van der Waals surface area contributed by atoms with Gasteiger partial charge in [0.25, 0.3) is 0 Å². The van der Waals surface area contributed by atoms with Crippen LogP contribution in [0.3, 0.4) is 0 Å². The lowest BCUT2D eigenvalue weighted by molar-refractivity contribution is -0.129. The van der Waals surface area contributed by atoms with E-state index < -0.39 is 0 Å². The Morgan fingerprint density at radius 2 is 2.04 bits per heavy atom. The first kappa shape index (κ1) is 24.1. The molecule has 0 saturated carbocycles. The summed E-state index contributed by atoms with van der Waals surface area (Å²) in [6.45, 7) is 5.78. The number of halogens is 2. The molecule has 1 N–H and O–H groups in total. The highest BCUT2D eigenvalue weighted by atomic mass is 35.5. The Morgan fingerprint density at radius 3 is 2.72 bits per heavy atom. The maximum absolute atomic E-state index is 12.1. The van der Waals surface area contributed by atoms with Crippen LogP contribution in [0, 0.1) is 5.92 Å². The zero-order valence-corrected chi connectivity index (χ0v) is 16.8. The average molecular weight is 392 g/mol. The molecule has 144 valence electrons. The lowest BCUT2D eigenvalue weighted by Gasteiger charge is -2.22. The number of amides is 1. The van der Waals surface area contributed by atoms with Gasteiger partial charge in [0.2, 0.25) is 5.91 Å². The molecular formula is C18H31Cl2N3O2. The van der Waals surface area contributed by atoms with Crippen LogP contribution in [0.5, 0.6) is 0 Å². The molecule has 1 aromatic carbocycles. The summed E-state index contributed by atoms with van der Waals surface area (Å²) in [6, 6.07) is 10.6. The van der Waals surface area contributed by atoms with Crippen molar-refractivity contribution in [2.24, 2.45) is 5.92 Å². The van der Waals surface area contributed by atoms with Crippen molar-refractivity contribution < 1.29 is 9.53 Å². The molecule has 1 unspecified atom stereocenters. The second kappa shape index (κ2) is 13.4. The third-order valence-corrected chi connectivity index (χ3v) is 4.34. The summed E-state index contributed by atoms with van der Waals surface area (Å²) in [6.07, 6.45) is 1.17. The number of carbonyl (C=O) groups excluding carboxylic acids is 1. The van der Waals surface area contributed by atoms with E-state index in [9.17, 15) is 4.79 Å². The molecule has 7 heteroatoms. The summed E-state index contributed by atoms with van der Waals surface area (Å²) in [4.78, 5) is 16.4. The first-order valence-corrected chi connectivity index (χ1v) is 8.39. The summed E-state index contributed by atoms with van der Waals surface area (Å²) in [5, 5.41) is 3.11. The van der Waals surface area contributed by atoms with E-state index in [1.165, 1.54) is 12.0 Å². The molecule has 0 radical (unpaired) electrons. The Hall–Kier alpha value is -0.850. The van der Waals surface area contributed by atoms with Gasteiger partial charge >= 0.3 is 0 Å². The summed E-state index contributed by atoms with van der Waals surface area (Å²) in [5.41, 5.74) is 1.36. The molecule has 1 aromatic rings. The minimum Gasteiger partial charge on any atom is -0.383 e. The molecule has 1 atom stereocenters. The first-order chi connectivity index (χ1) is 11.2. The number of nitrogens with one attached hydrogen (secondary N) is 1. The summed E-state index contributed by atoms with van der Waals surface area (Å²) < 4.78 is 4.96. The van der Waals surface area contributed by atoms with Crippen LogP contribution in [0.15, 0.2) is 30.3 Å². The smallest absolute Gasteiger partial charge is 0.236 e. The topological polar surface area (TPSA) is 44.8 Å². The molecule has 0 aliphatic carbocycles. The van der Waals surface area contributed by atoms with Crippen LogP contribution in [0.25, 0.3) is 0 Å². The van der Waals surface area contributed by atoms with Gasteiger partial charge in [-0.25, -0.2) is 0 Å². The fourth-order valence-electron chi connectivity index (χ4n) is 3.04. The number of rotatable bonds is 9. The SMILES string of the molecule is COCCNCC(=O)N(C)CC1CCN(Cc2ccccc2)C1.Cl.Cl. The molecule has 2 rings (SSSR count). The van der Waals surface area contributed by atoms with Gasteiger partial charge in [-0.1, -0.05) is 30.3 Å². The van der Waals surface area contributed by atoms with E-state index in [4.69, 9.17) is 4.74 Å². The predicted octanol–water partition coefficient (Wildman–Crippen LogP) is 2.05. The van der Waals surface area contributed by atoms with Gasteiger partial charge in [-0.3, -0.25) is 9.69 Å². The standard InChI is InChI=1S/C18H29N3O2.2ClH/c1-20(18(22)12-19-9-11-23-2)13-17-8-10-21(15-17)14-16-6-4-3-5-7-16;;/h3-7,17,19H,8-15H2,1-2H3;2*1H. The predicted molar refractivity (Wildman–Crippen MR) is 107 cm³/mol. The van der Waals surface area contributed by atoms with Crippen molar-refractivity contribution in [3.63, 3.8) is 0 Å². The van der Waals surface area contributed by atoms with Crippen LogP contribution in [-0.2, 0) is 16.1 Å². The maximum Gasteiger partial charge on any atom is 0.236 e. The quantitative estimate of drug-likeness (QED) is 0.654. The van der Waals surface area contributed by atoms with Gasteiger partial charge in [0, 0.05) is 40.3 Å². The van der Waals surface area contributed by atoms with Crippen molar-refractivity contribution in [2.75, 3.05) is 53.5 Å². The van der Waals surface area contributed by atoms with Gasteiger partial charge in [0.1, 0.15) is 0 Å². The van der Waals surface area contributed by atoms with Crippen molar-refractivity contribution in [2.45, 2.75) is 13.0 Å². The Bertz CT molecular complexity index is 477. The van der Waals surface area contributed by atoms with Crippen molar-refractivity contribution in [3.05, 3.63) is 35.9 Å². The number of likely N-dealkylation sites (N-methyl/N-ethyl adjacent to an activating group) is 1. The third kappa shape index (κ3) is 8.88. The van der Waals surface area contributed by atoms with E-state index >= 15 is 0 Å². The number of hydrogen-bond acceptors (Lipinski definition) is 4. The second-order valence-electron chi connectivity index (χ2n) is 6.32. The van der Waals surface area contributed by atoms with Crippen LogP contribution in [0.2, 0.25) is 0 Å². The van der Waals surface area contributed by atoms with Crippen LogP contribution >= 0.6 is 24.8 Å². The molecule has 1 saturated heterocycles. The number of carbonyl (C=O) groups is 1. The fraction of sp³-hybridized carbons (Fsp3) is 0.611. The number of ether oxygens (including phenoxy) is 1. The highest BCUT2D eigenvalue weighted by Crippen LogP contribution is 2.19. The molecule has 5 nitrogen and oxygen atoms in total. The van der Waals surface area contributed by atoms with Crippen molar-refractivity contribution >= 4 is 30.7 Å². The van der Waals surface area contributed by atoms with Crippen LogP contribution < -0.4 is 5.32 Å². The number of benzene rings is 1. The zero-order chi connectivity index (χ0) is 16.5. The Labute approximate surface area is 163 Å². The molecule has 25 heavy (non-hydrogen) atoms. The second-order valence-corrected chi connectivity index (χ2v) is 6.32. The van der Waals surface area contributed by atoms with Crippen molar-refractivity contribution in [3.8, 4) is 0 Å². The van der Waals surface area contributed by atoms with Crippen molar-refractivity contribution in [1.82, 2.24) is 15.1 Å². The molecule has 1 aliphatic heterocycles. The van der Waals surface area contributed by atoms with Gasteiger partial charge in [-0.15, -0.1) is 24.8 Å². The van der Waals surface area contributed by atoms with Crippen molar-refractivity contribution in [1.29, 1.82) is 0 Å². The van der Waals surface area contributed by atoms with Crippen LogP contribution in [0.1, 0.15) is 12.0 Å². The maximum atomic E-state index is 12.1. The summed E-state index contributed by atoms with van der Waals surface area (Å²) in [7, 11) is 3.57. The fourth-order valence-corrected chi connectivity index (χ4v) is 3.04. The van der Waals surface area contributed by atoms with E-state index in [0.717, 1.165) is 26.2 Å². The summed E-state index contributed by atoms with van der Waals surface area (Å²) >= 11 is 0. The average Bonchev–Trinajstić information content (AvgIpc) is 2.99.